The number of rotatable bonds is 11. The summed E-state index contributed by atoms with van der Waals surface area (Å²) in [6.45, 7) is 0.432. The summed E-state index contributed by atoms with van der Waals surface area (Å²) in [4.78, 5) is 28.3. The van der Waals surface area contributed by atoms with Gasteiger partial charge < -0.3 is 19.1 Å². The normalized spacial score (nSPS) is 15.1. The Morgan fingerprint density at radius 3 is 1.98 bits per heavy atom. The molecule has 1 N–H and O–H groups in total. The van der Waals surface area contributed by atoms with Crippen molar-refractivity contribution >= 4 is 19.6 Å². The van der Waals surface area contributed by atoms with Crippen LogP contribution in [0.3, 0.4) is 0 Å². The predicted octanol–water partition coefficient (Wildman–Crippen LogP) is 6.70. The maximum absolute atomic E-state index is 14.8. The zero-order valence-electron chi connectivity index (χ0n) is 24.0. The first-order chi connectivity index (χ1) is 21.4. The molecule has 4 aromatic rings. The first kappa shape index (κ1) is 30.4. The SMILES string of the molecule is N#Cc1ccc(CC(NC(=O)[C@H]2CCCN2C(=O)OCc2ccccc2)P(=O)(Oc2ccccc2)Oc2ccccc2)cc1. The molecule has 1 heterocycles. The number of amides is 2. The van der Waals surface area contributed by atoms with Crippen molar-refractivity contribution in [3.63, 3.8) is 0 Å². The Bertz CT molecular complexity index is 1580. The van der Waals surface area contributed by atoms with E-state index in [-0.39, 0.29) is 13.0 Å². The van der Waals surface area contributed by atoms with E-state index in [1.54, 1.807) is 84.9 Å². The molecule has 4 aromatic carbocycles. The van der Waals surface area contributed by atoms with Crippen LogP contribution >= 0.6 is 7.60 Å². The molecule has 1 unspecified atom stereocenters. The van der Waals surface area contributed by atoms with Gasteiger partial charge in [0.2, 0.25) is 5.91 Å². The summed E-state index contributed by atoms with van der Waals surface area (Å²) >= 11 is 0. The molecule has 1 fully saturated rings. The first-order valence-electron chi connectivity index (χ1n) is 14.3. The van der Waals surface area contributed by atoms with E-state index in [4.69, 9.17) is 13.8 Å². The molecule has 10 heteroatoms. The van der Waals surface area contributed by atoms with E-state index in [9.17, 15) is 19.4 Å². The van der Waals surface area contributed by atoms with Gasteiger partial charge in [-0.05, 0) is 60.4 Å². The number of nitrogens with zero attached hydrogens (tertiary/aromatic N) is 2. The van der Waals surface area contributed by atoms with E-state index in [0.29, 0.717) is 42.0 Å². The van der Waals surface area contributed by atoms with E-state index in [2.05, 4.69) is 11.4 Å². The average Bonchev–Trinajstić information content (AvgIpc) is 3.56. The maximum Gasteiger partial charge on any atom is 0.453 e. The highest BCUT2D eigenvalue weighted by Gasteiger charge is 2.44. The quantitative estimate of drug-likeness (QED) is 0.188. The summed E-state index contributed by atoms with van der Waals surface area (Å²) in [6, 6.07) is 34.5. The number of nitriles is 1. The van der Waals surface area contributed by atoms with Gasteiger partial charge in [-0.25, -0.2) is 9.36 Å². The van der Waals surface area contributed by atoms with Crippen molar-refractivity contribution in [2.75, 3.05) is 6.54 Å². The number of likely N-dealkylation sites (tertiary alicyclic amines) is 1. The lowest BCUT2D eigenvalue weighted by atomic mass is 10.1. The topological polar surface area (TPSA) is 118 Å². The number of para-hydroxylation sites is 2. The minimum Gasteiger partial charge on any atom is -0.445 e. The van der Waals surface area contributed by atoms with Crippen molar-refractivity contribution in [2.45, 2.75) is 37.7 Å². The lowest BCUT2D eigenvalue weighted by Crippen LogP contribution is -2.50. The zero-order chi connectivity index (χ0) is 30.8. The van der Waals surface area contributed by atoms with Gasteiger partial charge in [-0.15, -0.1) is 0 Å². The van der Waals surface area contributed by atoms with E-state index in [1.165, 1.54) is 4.90 Å². The average molecular weight is 610 g/mol. The van der Waals surface area contributed by atoms with Crippen LogP contribution in [0.15, 0.2) is 115 Å². The van der Waals surface area contributed by atoms with Crippen LogP contribution in [-0.2, 0) is 27.1 Å². The van der Waals surface area contributed by atoms with Crippen LogP contribution in [0.25, 0.3) is 0 Å². The highest BCUT2D eigenvalue weighted by Crippen LogP contribution is 2.53. The van der Waals surface area contributed by atoms with E-state index in [0.717, 1.165) is 5.56 Å². The molecule has 5 rings (SSSR count). The molecule has 2 amide bonds. The molecule has 1 aliphatic rings. The molecule has 0 saturated carbocycles. The molecular formula is C34H32N3O6P. The number of benzene rings is 4. The third-order valence-electron chi connectivity index (χ3n) is 7.15. The third kappa shape index (κ3) is 7.85. The Labute approximate surface area is 256 Å². The molecule has 0 radical (unpaired) electrons. The summed E-state index contributed by atoms with van der Waals surface area (Å²) in [6.07, 6.45) is 0.496. The number of carbonyl (C=O) groups excluding carboxylic acids is 2. The van der Waals surface area contributed by atoms with Crippen molar-refractivity contribution in [1.82, 2.24) is 10.2 Å². The summed E-state index contributed by atoms with van der Waals surface area (Å²) in [5, 5.41) is 12.2. The van der Waals surface area contributed by atoms with Gasteiger partial charge in [0.15, 0.2) is 5.78 Å². The van der Waals surface area contributed by atoms with E-state index >= 15 is 0 Å². The van der Waals surface area contributed by atoms with Gasteiger partial charge in [0.05, 0.1) is 11.6 Å². The second kappa shape index (κ2) is 14.4. The number of ether oxygens (including phenoxy) is 1. The minimum atomic E-state index is -4.18. The standard InChI is InChI=1S/C34H32N3O6P/c35-24-27-20-18-26(19-21-27)23-32(44(40,42-29-13-6-2-7-14-29)43-30-15-8-3-9-16-30)36-33(38)31-17-10-22-37(31)34(39)41-25-28-11-4-1-5-12-28/h1-9,11-16,18-21,31-32H,10,17,22-23,25H2,(H,36,38)/t31-,32?/m1/s1. The molecular weight excluding hydrogens is 577 g/mol. The molecule has 9 nitrogen and oxygen atoms in total. The zero-order valence-corrected chi connectivity index (χ0v) is 24.8. The highest BCUT2D eigenvalue weighted by atomic mass is 31.2. The third-order valence-corrected chi connectivity index (χ3v) is 9.16. The van der Waals surface area contributed by atoms with E-state index < -0.39 is 31.4 Å². The van der Waals surface area contributed by atoms with Crippen molar-refractivity contribution in [3.8, 4) is 17.6 Å². The van der Waals surface area contributed by atoms with Gasteiger partial charge in [0, 0.05) is 13.0 Å². The molecule has 2 atom stereocenters. The molecule has 1 aliphatic heterocycles. The van der Waals surface area contributed by atoms with E-state index in [1.807, 2.05) is 30.3 Å². The molecule has 0 spiro atoms. The number of carbonyl (C=O) groups is 2. The van der Waals surface area contributed by atoms with Crippen LogP contribution < -0.4 is 14.4 Å². The lowest BCUT2D eigenvalue weighted by molar-refractivity contribution is -0.125. The van der Waals surface area contributed by atoms with Crippen LogP contribution in [0.5, 0.6) is 11.5 Å². The molecule has 1 saturated heterocycles. The van der Waals surface area contributed by atoms with Gasteiger partial charge in [-0.1, -0.05) is 78.9 Å². The van der Waals surface area contributed by atoms with Crippen molar-refractivity contribution in [1.29, 1.82) is 5.26 Å². The lowest BCUT2D eigenvalue weighted by Gasteiger charge is -2.30. The van der Waals surface area contributed by atoms with Crippen LogP contribution in [0.1, 0.15) is 29.5 Å². The molecule has 0 aliphatic carbocycles. The molecule has 224 valence electrons. The summed E-state index contributed by atoms with van der Waals surface area (Å²) < 4.78 is 32.4. The van der Waals surface area contributed by atoms with Crippen LogP contribution in [0.4, 0.5) is 4.79 Å². The van der Waals surface area contributed by atoms with Crippen LogP contribution in [-0.4, -0.2) is 35.3 Å². The summed E-state index contributed by atoms with van der Waals surface area (Å²) in [5.41, 5.74) is 2.00. The molecule has 0 bridgehead atoms. The summed E-state index contributed by atoms with van der Waals surface area (Å²) in [7, 11) is -4.18. The Hall–Kier alpha value is -5.06. The molecule has 44 heavy (non-hydrogen) atoms. The smallest absolute Gasteiger partial charge is 0.445 e. The Morgan fingerprint density at radius 1 is 0.841 bits per heavy atom. The first-order valence-corrected chi connectivity index (χ1v) is 15.9. The predicted molar refractivity (Wildman–Crippen MR) is 165 cm³/mol. The maximum atomic E-state index is 14.8. The van der Waals surface area contributed by atoms with Crippen molar-refractivity contribution in [2.24, 2.45) is 0 Å². The van der Waals surface area contributed by atoms with Gasteiger partial charge in [0.1, 0.15) is 24.1 Å². The second-order valence-electron chi connectivity index (χ2n) is 10.3. The highest BCUT2D eigenvalue weighted by molar-refractivity contribution is 7.55. The van der Waals surface area contributed by atoms with Crippen molar-refractivity contribution < 1.29 is 27.9 Å². The largest absolute Gasteiger partial charge is 0.453 e. The van der Waals surface area contributed by atoms with Gasteiger partial charge in [0.25, 0.3) is 0 Å². The molecule has 0 aromatic heterocycles. The minimum absolute atomic E-state index is 0.0690. The number of nitrogens with one attached hydrogen (secondary N) is 1. The Kier molecular flexibility index (Phi) is 9.96. The number of hydrogen-bond acceptors (Lipinski definition) is 7. The van der Waals surface area contributed by atoms with Crippen LogP contribution in [0, 0.1) is 11.3 Å². The summed E-state index contributed by atoms with van der Waals surface area (Å²) in [5.74, 6) is -1.03. The van der Waals surface area contributed by atoms with Crippen molar-refractivity contribution in [3.05, 3.63) is 132 Å². The van der Waals surface area contributed by atoms with Gasteiger partial charge in [-0.3, -0.25) is 9.69 Å². The fraction of sp³-hybridized carbons (Fsp3) is 0.206. The fourth-order valence-electron chi connectivity index (χ4n) is 4.90. The van der Waals surface area contributed by atoms with Gasteiger partial charge >= 0.3 is 13.7 Å². The van der Waals surface area contributed by atoms with Crippen LogP contribution in [0.2, 0.25) is 0 Å². The van der Waals surface area contributed by atoms with Gasteiger partial charge in [-0.2, -0.15) is 5.26 Å². The Morgan fingerprint density at radius 2 is 1.41 bits per heavy atom. The Balaban J connectivity index is 1.41. The monoisotopic (exact) mass is 609 g/mol. The number of hydrogen-bond donors (Lipinski definition) is 1. The fourth-order valence-corrected chi connectivity index (χ4v) is 6.75. The second-order valence-corrected chi connectivity index (χ2v) is 12.3.